The smallest absolute Gasteiger partial charge is 0.272 e. The Morgan fingerprint density at radius 2 is 2.26 bits per heavy atom. The second-order valence-electron chi connectivity index (χ2n) is 4.61. The Morgan fingerprint density at radius 1 is 1.47 bits per heavy atom. The SMILES string of the molecule is O=[N+]([O-])c1ccccc1CCN1CCOC(CO)C1. The number of nitro groups is 1. The summed E-state index contributed by atoms with van der Waals surface area (Å²) in [5.41, 5.74) is 0.925. The lowest BCUT2D eigenvalue weighted by molar-refractivity contribution is -0.385. The van der Waals surface area contributed by atoms with Gasteiger partial charge in [0.1, 0.15) is 0 Å². The molecule has 0 bridgehead atoms. The number of para-hydroxylation sites is 1. The normalized spacial score (nSPS) is 20.4. The fraction of sp³-hybridized carbons (Fsp3) is 0.538. The lowest BCUT2D eigenvalue weighted by atomic mass is 10.1. The van der Waals surface area contributed by atoms with Gasteiger partial charge in [-0.1, -0.05) is 18.2 Å². The molecule has 0 aromatic heterocycles. The molecule has 1 atom stereocenters. The van der Waals surface area contributed by atoms with Crippen molar-refractivity contribution in [1.82, 2.24) is 4.90 Å². The summed E-state index contributed by atoms with van der Waals surface area (Å²) in [6.45, 7) is 2.84. The third kappa shape index (κ3) is 3.73. The minimum atomic E-state index is -0.342. The molecule has 0 saturated carbocycles. The molecule has 1 heterocycles. The van der Waals surface area contributed by atoms with Crippen LogP contribution in [0.5, 0.6) is 0 Å². The first-order valence-electron chi connectivity index (χ1n) is 6.38. The number of aliphatic hydroxyl groups excluding tert-OH is 1. The van der Waals surface area contributed by atoms with Gasteiger partial charge in [-0.05, 0) is 6.42 Å². The van der Waals surface area contributed by atoms with Gasteiger partial charge in [0.15, 0.2) is 0 Å². The third-order valence-corrected chi connectivity index (χ3v) is 3.31. The Labute approximate surface area is 111 Å². The molecule has 1 N–H and O–H groups in total. The van der Waals surface area contributed by atoms with Gasteiger partial charge in [0.2, 0.25) is 0 Å². The average molecular weight is 266 g/mol. The average Bonchev–Trinajstić information content (AvgIpc) is 2.45. The number of rotatable bonds is 5. The predicted molar refractivity (Wildman–Crippen MR) is 70.1 cm³/mol. The monoisotopic (exact) mass is 266 g/mol. The van der Waals surface area contributed by atoms with Crippen molar-refractivity contribution in [1.29, 1.82) is 0 Å². The van der Waals surface area contributed by atoms with Gasteiger partial charge in [0, 0.05) is 31.3 Å². The summed E-state index contributed by atoms with van der Waals surface area (Å²) in [4.78, 5) is 12.7. The molecule has 1 unspecified atom stereocenters. The number of hydrogen-bond acceptors (Lipinski definition) is 5. The Bertz CT molecular complexity index is 438. The molecule has 1 aliphatic heterocycles. The molecule has 104 valence electrons. The van der Waals surface area contributed by atoms with Crippen molar-refractivity contribution in [2.24, 2.45) is 0 Å². The van der Waals surface area contributed by atoms with Crippen molar-refractivity contribution in [3.05, 3.63) is 39.9 Å². The number of ether oxygens (including phenoxy) is 1. The van der Waals surface area contributed by atoms with E-state index >= 15 is 0 Å². The van der Waals surface area contributed by atoms with Crippen molar-refractivity contribution < 1.29 is 14.8 Å². The number of benzene rings is 1. The van der Waals surface area contributed by atoms with Crippen LogP contribution in [0.15, 0.2) is 24.3 Å². The summed E-state index contributed by atoms with van der Waals surface area (Å²) < 4.78 is 5.37. The van der Waals surface area contributed by atoms with Gasteiger partial charge in [0.05, 0.1) is 24.2 Å². The van der Waals surface area contributed by atoms with E-state index in [2.05, 4.69) is 4.90 Å². The van der Waals surface area contributed by atoms with Gasteiger partial charge < -0.3 is 9.84 Å². The van der Waals surface area contributed by atoms with E-state index < -0.39 is 0 Å². The van der Waals surface area contributed by atoms with Gasteiger partial charge in [-0.15, -0.1) is 0 Å². The maximum Gasteiger partial charge on any atom is 0.272 e. The molecule has 2 rings (SSSR count). The standard InChI is InChI=1S/C13H18N2O4/c16-10-12-9-14(7-8-19-12)6-5-11-3-1-2-4-13(11)15(17)18/h1-4,12,16H,5-10H2. The first kappa shape index (κ1) is 13.9. The minimum Gasteiger partial charge on any atom is -0.394 e. The largest absolute Gasteiger partial charge is 0.394 e. The molecule has 1 fully saturated rings. The lowest BCUT2D eigenvalue weighted by Crippen LogP contribution is -2.44. The van der Waals surface area contributed by atoms with Crippen molar-refractivity contribution >= 4 is 5.69 Å². The topological polar surface area (TPSA) is 75.8 Å². The summed E-state index contributed by atoms with van der Waals surface area (Å²) in [6.07, 6.45) is 0.495. The summed E-state index contributed by atoms with van der Waals surface area (Å²) in [7, 11) is 0. The zero-order chi connectivity index (χ0) is 13.7. The zero-order valence-electron chi connectivity index (χ0n) is 10.7. The second-order valence-corrected chi connectivity index (χ2v) is 4.61. The zero-order valence-corrected chi connectivity index (χ0v) is 10.7. The van der Waals surface area contributed by atoms with E-state index in [9.17, 15) is 10.1 Å². The van der Waals surface area contributed by atoms with Crippen LogP contribution in [0.1, 0.15) is 5.56 Å². The molecular weight excluding hydrogens is 248 g/mol. The van der Waals surface area contributed by atoms with Crippen molar-refractivity contribution in [2.45, 2.75) is 12.5 Å². The molecule has 19 heavy (non-hydrogen) atoms. The molecule has 1 aromatic carbocycles. The molecule has 1 saturated heterocycles. The number of hydrogen-bond donors (Lipinski definition) is 1. The molecule has 6 nitrogen and oxygen atoms in total. The maximum atomic E-state index is 10.9. The molecule has 1 aliphatic rings. The van der Waals surface area contributed by atoms with Crippen LogP contribution in [0.25, 0.3) is 0 Å². The maximum absolute atomic E-state index is 10.9. The summed E-state index contributed by atoms with van der Waals surface area (Å²) in [6, 6.07) is 6.82. The highest BCUT2D eigenvalue weighted by Crippen LogP contribution is 2.18. The third-order valence-electron chi connectivity index (χ3n) is 3.31. The molecule has 0 amide bonds. The number of aliphatic hydroxyl groups is 1. The minimum absolute atomic E-state index is 0.0159. The first-order valence-corrected chi connectivity index (χ1v) is 6.38. The summed E-state index contributed by atoms with van der Waals surface area (Å²) >= 11 is 0. The Hall–Kier alpha value is -1.50. The molecule has 0 aliphatic carbocycles. The van der Waals surface area contributed by atoms with E-state index in [1.165, 1.54) is 6.07 Å². The first-order chi connectivity index (χ1) is 9.20. The van der Waals surface area contributed by atoms with E-state index in [1.54, 1.807) is 12.1 Å². The molecule has 0 radical (unpaired) electrons. The molecule has 1 aromatic rings. The fourth-order valence-corrected chi connectivity index (χ4v) is 2.27. The highest BCUT2D eigenvalue weighted by Gasteiger charge is 2.20. The Balaban J connectivity index is 1.93. The second kappa shape index (κ2) is 6.60. The van der Waals surface area contributed by atoms with E-state index in [-0.39, 0.29) is 23.3 Å². The van der Waals surface area contributed by atoms with Crippen molar-refractivity contribution in [3.8, 4) is 0 Å². The van der Waals surface area contributed by atoms with E-state index in [4.69, 9.17) is 9.84 Å². The summed E-state index contributed by atoms with van der Waals surface area (Å²) in [5, 5.41) is 20.0. The van der Waals surface area contributed by atoms with Crippen LogP contribution < -0.4 is 0 Å². The Kier molecular flexibility index (Phi) is 4.84. The summed E-state index contributed by atoms with van der Waals surface area (Å²) in [5.74, 6) is 0. The molecule has 6 heteroatoms. The van der Waals surface area contributed by atoms with Gasteiger partial charge >= 0.3 is 0 Å². The molecule has 0 spiro atoms. The van der Waals surface area contributed by atoms with Crippen LogP contribution in [-0.2, 0) is 11.2 Å². The van der Waals surface area contributed by atoms with Gasteiger partial charge in [-0.25, -0.2) is 0 Å². The van der Waals surface area contributed by atoms with Crippen LogP contribution in [0.4, 0.5) is 5.69 Å². The van der Waals surface area contributed by atoms with Crippen LogP contribution in [0.2, 0.25) is 0 Å². The number of morpholine rings is 1. The predicted octanol–water partition coefficient (Wildman–Crippen LogP) is 0.830. The van der Waals surface area contributed by atoms with Crippen molar-refractivity contribution in [3.63, 3.8) is 0 Å². The van der Waals surface area contributed by atoms with Gasteiger partial charge in [0.25, 0.3) is 5.69 Å². The lowest BCUT2D eigenvalue weighted by Gasteiger charge is -2.31. The van der Waals surface area contributed by atoms with Crippen LogP contribution >= 0.6 is 0 Å². The van der Waals surface area contributed by atoms with Gasteiger partial charge in [-0.3, -0.25) is 15.0 Å². The van der Waals surface area contributed by atoms with Crippen LogP contribution in [0, 0.1) is 10.1 Å². The number of nitro benzene ring substituents is 1. The highest BCUT2D eigenvalue weighted by atomic mass is 16.6. The van der Waals surface area contributed by atoms with Gasteiger partial charge in [-0.2, -0.15) is 0 Å². The van der Waals surface area contributed by atoms with E-state index in [0.29, 0.717) is 19.6 Å². The number of nitrogens with zero attached hydrogens (tertiary/aromatic N) is 2. The van der Waals surface area contributed by atoms with Crippen LogP contribution in [-0.4, -0.2) is 53.9 Å². The Morgan fingerprint density at radius 3 is 3.00 bits per heavy atom. The quantitative estimate of drug-likeness (QED) is 0.631. The highest BCUT2D eigenvalue weighted by molar-refractivity contribution is 5.39. The van der Waals surface area contributed by atoms with Crippen molar-refractivity contribution in [2.75, 3.05) is 32.8 Å². The molecular formula is C13H18N2O4. The van der Waals surface area contributed by atoms with E-state index in [0.717, 1.165) is 18.7 Å². The fourth-order valence-electron chi connectivity index (χ4n) is 2.27. The van der Waals surface area contributed by atoms with E-state index in [1.807, 2.05) is 6.07 Å². The van der Waals surface area contributed by atoms with Crippen LogP contribution in [0.3, 0.4) is 0 Å².